The lowest BCUT2D eigenvalue weighted by Crippen LogP contribution is -1.89. The van der Waals surface area contributed by atoms with Crippen molar-refractivity contribution in [2.75, 3.05) is 21.3 Å². The Hall–Kier alpha value is -2.88. The molecule has 3 rings (SSSR count). The quantitative estimate of drug-likeness (QED) is 0.689. The number of benzene rings is 2. The summed E-state index contributed by atoms with van der Waals surface area (Å²) in [6.07, 6.45) is 3.92. The van der Waals surface area contributed by atoms with E-state index in [1.165, 1.54) is 0 Å². The van der Waals surface area contributed by atoms with Crippen molar-refractivity contribution >= 4 is 23.1 Å². The Morgan fingerprint density at radius 3 is 2.13 bits per heavy atom. The highest BCUT2D eigenvalue weighted by Crippen LogP contribution is 2.34. The van der Waals surface area contributed by atoms with E-state index in [9.17, 15) is 0 Å². The number of ether oxygens (including phenoxy) is 3. The molecular weight excluding hydrogens is 292 g/mol. The van der Waals surface area contributed by atoms with Gasteiger partial charge >= 0.3 is 0 Å². The lowest BCUT2D eigenvalue weighted by atomic mass is 10.2. The van der Waals surface area contributed by atoms with Gasteiger partial charge in [0.25, 0.3) is 0 Å². The van der Waals surface area contributed by atoms with Crippen LogP contribution in [0.15, 0.2) is 46.9 Å². The zero-order valence-electron chi connectivity index (χ0n) is 13.3. The van der Waals surface area contributed by atoms with Crippen molar-refractivity contribution in [3.8, 4) is 17.2 Å². The second-order valence-corrected chi connectivity index (χ2v) is 5.00. The fourth-order valence-corrected chi connectivity index (χ4v) is 2.36. The molecule has 2 aromatic carbocycles. The fourth-order valence-electron chi connectivity index (χ4n) is 2.36. The molecule has 0 bridgehead atoms. The van der Waals surface area contributed by atoms with E-state index in [0.717, 1.165) is 28.0 Å². The van der Waals surface area contributed by atoms with E-state index in [0.29, 0.717) is 11.5 Å². The molecule has 4 heteroatoms. The second-order valence-electron chi connectivity index (χ2n) is 5.00. The lowest BCUT2D eigenvalue weighted by molar-refractivity contribution is 0.355. The summed E-state index contributed by atoms with van der Waals surface area (Å²) in [6, 6.07) is 13.5. The van der Waals surface area contributed by atoms with Crippen LogP contribution in [0.3, 0.4) is 0 Å². The summed E-state index contributed by atoms with van der Waals surface area (Å²) in [5.74, 6) is 2.95. The molecule has 0 fully saturated rings. The molecule has 0 aliphatic rings. The highest BCUT2D eigenvalue weighted by atomic mass is 16.5. The van der Waals surface area contributed by atoms with Gasteiger partial charge in [-0.25, -0.2) is 0 Å². The third-order valence-corrected chi connectivity index (χ3v) is 3.60. The van der Waals surface area contributed by atoms with Gasteiger partial charge in [-0.3, -0.25) is 0 Å². The molecular formula is C19H18O4. The number of rotatable bonds is 5. The van der Waals surface area contributed by atoms with Crippen LogP contribution < -0.4 is 14.2 Å². The Morgan fingerprint density at radius 1 is 0.783 bits per heavy atom. The minimum absolute atomic E-state index is 0.653. The number of hydrogen-bond acceptors (Lipinski definition) is 4. The SMILES string of the molecule is COc1ccc(/C=C/c2cc3cc(OC)c(OC)cc3o2)cc1. The van der Waals surface area contributed by atoms with Crippen LogP contribution in [0.4, 0.5) is 0 Å². The fraction of sp³-hybridized carbons (Fsp3) is 0.158. The van der Waals surface area contributed by atoms with Crippen LogP contribution in [0.25, 0.3) is 23.1 Å². The molecule has 0 aliphatic carbocycles. The predicted molar refractivity (Wildman–Crippen MR) is 91.2 cm³/mol. The summed E-state index contributed by atoms with van der Waals surface area (Å²) in [5, 5.41) is 0.969. The van der Waals surface area contributed by atoms with E-state index in [1.807, 2.05) is 54.6 Å². The third-order valence-electron chi connectivity index (χ3n) is 3.60. The van der Waals surface area contributed by atoms with Crippen LogP contribution in [0.1, 0.15) is 11.3 Å². The summed E-state index contributed by atoms with van der Waals surface area (Å²) < 4.78 is 21.6. The summed E-state index contributed by atoms with van der Waals surface area (Å²) in [6.45, 7) is 0. The normalized spacial score (nSPS) is 11.1. The maximum Gasteiger partial charge on any atom is 0.164 e. The van der Waals surface area contributed by atoms with Crippen LogP contribution in [0, 0.1) is 0 Å². The summed E-state index contributed by atoms with van der Waals surface area (Å²) in [5.41, 5.74) is 1.83. The van der Waals surface area contributed by atoms with E-state index in [-0.39, 0.29) is 0 Å². The van der Waals surface area contributed by atoms with Crippen molar-refractivity contribution in [3.05, 3.63) is 53.8 Å². The summed E-state index contributed by atoms with van der Waals surface area (Å²) >= 11 is 0. The van der Waals surface area contributed by atoms with Gasteiger partial charge in [0.05, 0.1) is 21.3 Å². The van der Waals surface area contributed by atoms with Crippen LogP contribution in [0.2, 0.25) is 0 Å². The van der Waals surface area contributed by atoms with Crippen molar-refractivity contribution in [3.63, 3.8) is 0 Å². The topological polar surface area (TPSA) is 40.8 Å². The van der Waals surface area contributed by atoms with Gasteiger partial charge in [-0.05, 0) is 35.9 Å². The van der Waals surface area contributed by atoms with Gasteiger partial charge in [0, 0.05) is 11.5 Å². The smallest absolute Gasteiger partial charge is 0.164 e. The lowest BCUT2D eigenvalue weighted by Gasteiger charge is -2.06. The molecule has 0 saturated carbocycles. The average Bonchev–Trinajstić information content (AvgIpc) is 3.00. The maximum atomic E-state index is 5.83. The van der Waals surface area contributed by atoms with Crippen molar-refractivity contribution in [2.45, 2.75) is 0 Å². The minimum atomic E-state index is 0.653. The van der Waals surface area contributed by atoms with E-state index in [2.05, 4.69) is 0 Å². The molecule has 0 atom stereocenters. The van der Waals surface area contributed by atoms with Crippen molar-refractivity contribution in [1.82, 2.24) is 0 Å². The standard InChI is InChI=1S/C19H18O4/c1-20-15-7-4-13(5-8-15)6-9-16-10-14-11-18(21-2)19(22-3)12-17(14)23-16/h4-12H,1-3H3/b9-6+. The van der Waals surface area contributed by atoms with Crippen LogP contribution in [-0.4, -0.2) is 21.3 Å². The molecule has 1 aromatic heterocycles. The highest BCUT2D eigenvalue weighted by molar-refractivity contribution is 5.85. The molecule has 0 unspecified atom stereocenters. The van der Waals surface area contributed by atoms with Gasteiger partial charge in [-0.1, -0.05) is 18.2 Å². The minimum Gasteiger partial charge on any atom is -0.497 e. The molecule has 3 aromatic rings. The first-order valence-corrected chi connectivity index (χ1v) is 7.21. The molecule has 0 N–H and O–H groups in total. The van der Waals surface area contributed by atoms with Crippen molar-refractivity contribution in [1.29, 1.82) is 0 Å². The molecule has 0 saturated heterocycles. The van der Waals surface area contributed by atoms with Gasteiger partial charge < -0.3 is 18.6 Å². The average molecular weight is 310 g/mol. The number of fused-ring (bicyclic) bond motifs is 1. The Morgan fingerprint density at radius 2 is 1.48 bits per heavy atom. The molecule has 0 amide bonds. The van der Waals surface area contributed by atoms with Gasteiger partial charge in [0.15, 0.2) is 11.5 Å². The Labute approximate surface area is 134 Å². The highest BCUT2D eigenvalue weighted by Gasteiger charge is 2.09. The molecule has 23 heavy (non-hydrogen) atoms. The van der Waals surface area contributed by atoms with Gasteiger partial charge in [0.1, 0.15) is 17.1 Å². The Bertz CT molecular complexity index is 787. The Balaban J connectivity index is 1.89. The molecule has 4 nitrogen and oxygen atoms in total. The second kappa shape index (κ2) is 6.48. The molecule has 1 heterocycles. The molecule has 0 spiro atoms. The first-order chi connectivity index (χ1) is 11.2. The third kappa shape index (κ3) is 3.16. The Kier molecular flexibility index (Phi) is 4.24. The first kappa shape index (κ1) is 15.0. The zero-order chi connectivity index (χ0) is 16.2. The van der Waals surface area contributed by atoms with E-state index in [1.54, 1.807) is 21.3 Å². The van der Waals surface area contributed by atoms with Gasteiger partial charge in [-0.15, -0.1) is 0 Å². The molecule has 118 valence electrons. The largest absolute Gasteiger partial charge is 0.497 e. The summed E-state index contributed by atoms with van der Waals surface area (Å²) in [7, 11) is 4.88. The van der Waals surface area contributed by atoms with Crippen LogP contribution >= 0.6 is 0 Å². The van der Waals surface area contributed by atoms with E-state index in [4.69, 9.17) is 18.6 Å². The van der Waals surface area contributed by atoms with E-state index >= 15 is 0 Å². The van der Waals surface area contributed by atoms with Crippen molar-refractivity contribution < 1.29 is 18.6 Å². The van der Waals surface area contributed by atoms with Crippen LogP contribution in [-0.2, 0) is 0 Å². The number of furan rings is 1. The van der Waals surface area contributed by atoms with Crippen molar-refractivity contribution in [2.24, 2.45) is 0 Å². The number of hydrogen-bond donors (Lipinski definition) is 0. The van der Waals surface area contributed by atoms with Gasteiger partial charge in [-0.2, -0.15) is 0 Å². The summed E-state index contributed by atoms with van der Waals surface area (Å²) in [4.78, 5) is 0. The van der Waals surface area contributed by atoms with E-state index < -0.39 is 0 Å². The van der Waals surface area contributed by atoms with Crippen LogP contribution in [0.5, 0.6) is 17.2 Å². The predicted octanol–water partition coefficient (Wildman–Crippen LogP) is 4.63. The molecule has 0 radical (unpaired) electrons. The number of methoxy groups -OCH3 is 3. The van der Waals surface area contributed by atoms with Gasteiger partial charge in [0.2, 0.25) is 0 Å². The first-order valence-electron chi connectivity index (χ1n) is 7.21. The maximum absolute atomic E-state index is 5.83. The zero-order valence-corrected chi connectivity index (χ0v) is 13.3. The monoisotopic (exact) mass is 310 g/mol. The molecule has 0 aliphatic heterocycles.